The average Bonchev–Trinajstić information content (AvgIpc) is 2.79. The van der Waals surface area contributed by atoms with Crippen molar-refractivity contribution in [2.75, 3.05) is 0 Å². The first kappa shape index (κ1) is 12.1. The second-order valence-electron chi connectivity index (χ2n) is 3.63. The minimum absolute atomic E-state index is 0.822. The van der Waals surface area contributed by atoms with E-state index in [0.29, 0.717) is 0 Å². The summed E-state index contributed by atoms with van der Waals surface area (Å²) in [5, 5.41) is 5.65. The third-order valence-electron chi connectivity index (χ3n) is 2.33. The molecule has 2 rings (SSSR count). The molecule has 0 fully saturated rings. The second kappa shape index (κ2) is 5.82. The molecule has 1 aromatic carbocycles. The summed E-state index contributed by atoms with van der Waals surface area (Å²) >= 11 is 6.31. The minimum atomic E-state index is 0.822. The van der Waals surface area contributed by atoms with E-state index in [4.69, 9.17) is 0 Å². The number of hydrogen-bond donors (Lipinski definition) is 0. The molecule has 0 saturated heterocycles. The summed E-state index contributed by atoms with van der Waals surface area (Å²) in [6, 6.07) is 7.87. The molecule has 86 valence electrons. The minimum Gasteiger partial charge on any atom is -0.241 e. The predicted octanol–water partition coefficient (Wildman–Crippen LogP) is 4.50. The maximum absolute atomic E-state index is 4.60. The van der Waals surface area contributed by atoms with Crippen LogP contribution in [0.2, 0.25) is 0 Å². The lowest BCUT2D eigenvalue weighted by Gasteiger charge is -1.97. The van der Waals surface area contributed by atoms with Crippen LogP contribution in [0.1, 0.15) is 18.4 Å². The summed E-state index contributed by atoms with van der Waals surface area (Å²) in [5.41, 5.74) is 2.91. The standard InChI is InChI=1S/C13H12N2S2/c1-2-4-13-15-12(8-17-13)10-5-3-6-11(7-10)14-9-16/h3,5-8H,2,4H2,1H3. The second-order valence-corrected chi connectivity index (χ2v) is 4.76. The number of benzene rings is 1. The van der Waals surface area contributed by atoms with Crippen LogP contribution in [0.25, 0.3) is 11.3 Å². The first-order valence-electron chi connectivity index (χ1n) is 5.46. The van der Waals surface area contributed by atoms with Gasteiger partial charge in [-0.2, -0.15) is 4.99 Å². The molecule has 0 amide bonds. The molecule has 4 heteroatoms. The van der Waals surface area contributed by atoms with Crippen LogP contribution >= 0.6 is 23.6 Å². The summed E-state index contributed by atoms with van der Waals surface area (Å²) in [7, 11) is 0. The third kappa shape index (κ3) is 3.07. The molecule has 0 radical (unpaired) electrons. The van der Waals surface area contributed by atoms with Crippen molar-refractivity contribution in [1.29, 1.82) is 0 Å². The van der Waals surface area contributed by atoms with Crippen molar-refractivity contribution in [2.45, 2.75) is 19.8 Å². The van der Waals surface area contributed by atoms with Gasteiger partial charge in [-0.25, -0.2) is 4.98 Å². The molecule has 1 heterocycles. The number of nitrogens with zero attached hydrogens (tertiary/aromatic N) is 2. The Balaban J connectivity index is 2.31. The first-order chi connectivity index (χ1) is 8.33. The van der Waals surface area contributed by atoms with E-state index in [9.17, 15) is 0 Å². The number of isothiocyanates is 1. The van der Waals surface area contributed by atoms with E-state index in [2.05, 4.69) is 39.7 Å². The number of hydrogen-bond acceptors (Lipinski definition) is 4. The number of aryl methyl sites for hydroxylation is 1. The molecule has 0 N–H and O–H groups in total. The highest BCUT2D eigenvalue weighted by Gasteiger charge is 2.04. The van der Waals surface area contributed by atoms with Gasteiger partial charge < -0.3 is 0 Å². The Kier molecular flexibility index (Phi) is 4.15. The molecule has 2 nitrogen and oxygen atoms in total. The number of aliphatic imine (C=N–C) groups is 1. The molecule has 0 aliphatic carbocycles. The van der Waals surface area contributed by atoms with E-state index in [0.717, 1.165) is 29.8 Å². The largest absolute Gasteiger partial charge is 0.241 e. The molecule has 0 bridgehead atoms. The fraction of sp³-hybridized carbons (Fsp3) is 0.231. The van der Waals surface area contributed by atoms with E-state index in [1.807, 2.05) is 24.3 Å². The molecular weight excluding hydrogens is 248 g/mol. The van der Waals surface area contributed by atoms with Crippen LogP contribution in [0.4, 0.5) is 5.69 Å². The van der Waals surface area contributed by atoms with Gasteiger partial charge in [0.05, 0.1) is 21.6 Å². The first-order valence-corrected chi connectivity index (χ1v) is 6.75. The number of thiocarbonyl (C=S) groups is 1. The zero-order valence-corrected chi connectivity index (χ0v) is 11.1. The van der Waals surface area contributed by atoms with Crippen molar-refractivity contribution in [1.82, 2.24) is 4.98 Å². The molecule has 1 aromatic heterocycles. The fourth-order valence-corrected chi connectivity index (χ4v) is 2.57. The molecule has 17 heavy (non-hydrogen) atoms. The molecule has 0 unspecified atom stereocenters. The van der Waals surface area contributed by atoms with Gasteiger partial charge in [0, 0.05) is 10.9 Å². The topological polar surface area (TPSA) is 25.2 Å². The van der Waals surface area contributed by atoms with Gasteiger partial charge in [-0.15, -0.1) is 11.3 Å². The average molecular weight is 260 g/mol. The van der Waals surface area contributed by atoms with E-state index in [1.165, 1.54) is 5.01 Å². The van der Waals surface area contributed by atoms with Crippen molar-refractivity contribution in [3.8, 4) is 11.3 Å². The SMILES string of the molecule is CCCc1nc(-c2cccc(N=C=S)c2)cs1. The Hall–Kier alpha value is -1.35. The maximum atomic E-state index is 4.60. The van der Waals surface area contributed by atoms with Crippen molar-refractivity contribution >= 4 is 34.4 Å². The number of rotatable bonds is 4. The molecular formula is C13H12N2S2. The third-order valence-corrected chi connectivity index (χ3v) is 3.33. The van der Waals surface area contributed by atoms with E-state index in [-0.39, 0.29) is 0 Å². The highest BCUT2D eigenvalue weighted by atomic mass is 32.1. The van der Waals surface area contributed by atoms with Crippen molar-refractivity contribution < 1.29 is 0 Å². The monoisotopic (exact) mass is 260 g/mol. The van der Waals surface area contributed by atoms with Crippen LogP contribution in [0.5, 0.6) is 0 Å². The van der Waals surface area contributed by atoms with Crippen LogP contribution in [-0.4, -0.2) is 10.1 Å². The van der Waals surface area contributed by atoms with E-state index < -0.39 is 0 Å². The summed E-state index contributed by atoms with van der Waals surface area (Å²) in [5.74, 6) is 0. The Labute approximate surface area is 110 Å². The smallest absolute Gasteiger partial charge is 0.0932 e. The zero-order chi connectivity index (χ0) is 12.1. The van der Waals surface area contributed by atoms with Crippen LogP contribution in [0.3, 0.4) is 0 Å². The van der Waals surface area contributed by atoms with E-state index >= 15 is 0 Å². The van der Waals surface area contributed by atoms with Gasteiger partial charge in [-0.1, -0.05) is 19.1 Å². The van der Waals surface area contributed by atoms with E-state index in [1.54, 1.807) is 11.3 Å². The molecule has 2 aromatic rings. The summed E-state index contributed by atoms with van der Waals surface area (Å²) in [4.78, 5) is 8.58. The quantitative estimate of drug-likeness (QED) is 0.597. The van der Waals surface area contributed by atoms with Gasteiger partial charge in [0.15, 0.2) is 0 Å². The van der Waals surface area contributed by atoms with Gasteiger partial charge >= 0.3 is 0 Å². The summed E-state index contributed by atoms with van der Waals surface area (Å²) in [6.45, 7) is 2.16. The van der Waals surface area contributed by atoms with Crippen LogP contribution < -0.4 is 0 Å². The van der Waals surface area contributed by atoms with Crippen LogP contribution in [0.15, 0.2) is 34.6 Å². The molecule has 0 saturated carbocycles. The lowest BCUT2D eigenvalue weighted by atomic mass is 10.1. The highest BCUT2D eigenvalue weighted by Crippen LogP contribution is 2.25. The lowest BCUT2D eigenvalue weighted by molar-refractivity contribution is 0.910. The highest BCUT2D eigenvalue weighted by molar-refractivity contribution is 7.78. The van der Waals surface area contributed by atoms with Crippen molar-refractivity contribution in [3.63, 3.8) is 0 Å². The molecule has 0 atom stereocenters. The summed E-state index contributed by atoms with van der Waals surface area (Å²) < 4.78 is 0. The Morgan fingerprint density at radius 3 is 3.12 bits per heavy atom. The zero-order valence-electron chi connectivity index (χ0n) is 9.51. The van der Waals surface area contributed by atoms with Gasteiger partial charge in [0.25, 0.3) is 0 Å². The fourth-order valence-electron chi connectivity index (χ4n) is 1.56. The Bertz CT molecular complexity index is 554. The van der Waals surface area contributed by atoms with Gasteiger partial charge in [-0.3, -0.25) is 0 Å². The van der Waals surface area contributed by atoms with Crippen molar-refractivity contribution in [2.24, 2.45) is 4.99 Å². The Morgan fingerprint density at radius 1 is 1.47 bits per heavy atom. The molecule has 0 aliphatic heterocycles. The number of aromatic nitrogens is 1. The molecule has 0 spiro atoms. The normalized spacial score (nSPS) is 9.94. The lowest BCUT2D eigenvalue weighted by Crippen LogP contribution is -1.82. The summed E-state index contributed by atoms with van der Waals surface area (Å²) in [6.07, 6.45) is 2.17. The van der Waals surface area contributed by atoms with Gasteiger partial charge in [0.2, 0.25) is 0 Å². The van der Waals surface area contributed by atoms with Gasteiger partial charge in [-0.05, 0) is 37.2 Å². The van der Waals surface area contributed by atoms with Crippen LogP contribution in [-0.2, 0) is 6.42 Å². The van der Waals surface area contributed by atoms with Gasteiger partial charge in [0.1, 0.15) is 0 Å². The molecule has 0 aliphatic rings. The Morgan fingerprint density at radius 2 is 2.35 bits per heavy atom. The number of thiazole rings is 1. The van der Waals surface area contributed by atoms with Crippen molar-refractivity contribution in [3.05, 3.63) is 34.7 Å². The predicted molar refractivity (Wildman–Crippen MR) is 76.2 cm³/mol. The van der Waals surface area contributed by atoms with Crippen LogP contribution in [0, 0.1) is 0 Å². The maximum Gasteiger partial charge on any atom is 0.0932 e.